The molecule has 9 heteroatoms. The maximum absolute atomic E-state index is 13.4. The van der Waals surface area contributed by atoms with Gasteiger partial charge in [0.25, 0.3) is 0 Å². The van der Waals surface area contributed by atoms with Gasteiger partial charge in [-0.05, 0) is 36.8 Å². The Morgan fingerprint density at radius 1 is 1.06 bits per heavy atom. The van der Waals surface area contributed by atoms with Crippen LogP contribution >= 0.6 is 23.1 Å². The van der Waals surface area contributed by atoms with E-state index in [1.165, 1.54) is 11.8 Å². The Morgan fingerprint density at radius 3 is 2.59 bits per heavy atom. The van der Waals surface area contributed by atoms with Gasteiger partial charge in [-0.1, -0.05) is 48.9 Å². The van der Waals surface area contributed by atoms with Crippen LogP contribution < -0.4 is 0 Å². The predicted molar refractivity (Wildman–Crippen MR) is 130 cm³/mol. The number of thioether (sulfide) groups is 1. The molecular weight excluding hydrogens is 462 g/mol. The summed E-state index contributed by atoms with van der Waals surface area (Å²) in [5.41, 5.74) is 0.857. The molecule has 1 aliphatic heterocycles. The molecule has 0 bridgehead atoms. The number of benzene rings is 1. The molecule has 0 N–H and O–H groups in total. The molecule has 32 heavy (non-hydrogen) atoms. The summed E-state index contributed by atoms with van der Waals surface area (Å²) in [5.74, 6) is 1.21. The van der Waals surface area contributed by atoms with Crippen molar-refractivity contribution in [2.45, 2.75) is 49.2 Å². The van der Waals surface area contributed by atoms with E-state index < -0.39 is 9.84 Å². The Morgan fingerprint density at radius 2 is 1.88 bits per heavy atom. The lowest BCUT2D eigenvalue weighted by atomic mass is 10.1. The fraction of sp³-hybridized carbons (Fsp3) is 0.435. The van der Waals surface area contributed by atoms with Crippen molar-refractivity contribution < 1.29 is 13.2 Å². The number of hydrogen-bond acceptors (Lipinski definition) is 7. The third kappa shape index (κ3) is 4.56. The smallest absolute Gasteiger partial charge is 0.233 e. The highest BCUT2D eigenvalue weighted by atomic mass is 32.2. The average Bonchev–Trinajstić information content (AvgIpc) is 3.55. The first-order valence-electron chi connectivity index (χ1n) is 11.0. The summed E-state index contributed by atoms with van der Waals surface area (Å²) in [6.45, 7) is 0. The van der Waals surface area contributed by atoms with Crippen molar-refractivity contribution in [3.8, 4) is 10.7 Å². The van der Waals surface area contributed by atoms with Crippen molar-refractivity contribution in [1.82, 2.24) is 14.9 Å². The summed E-state index contributed by atoms with van der Waals surface area (Å²) in [6, 6.07) is 11.8. The van der Waals surface area contributed by atoms with E-state index in [0.29, 0.717) is 12.2 Å². The van der Waals surface area contributed by atoms with Gasteiger partial charge in [-0.15, -0.1) is 11.3 Å². The largest absolute Gasteiger partial charge is 0.335 e. The highest BCUT2D eigenvalue weighted by Gasteiger charge is 2.38. The van der Waals surface area contributed by atoms with Crippen molar-refractivity contribution in [3.05, 3.63) is 41.8 Å². The van der Waals surface area contributed by atoms with Gasteiger partial charge in [-0.3, -0.25) is 4.79 Å². The van der Waals surface area contributed by atoms with Crippen LogP contribution in [0.4, 0.5) is 0 Å². The second-order valence-corrected chi connectivity index (χ2v) is 12.6. The summed E-state index contributed by atoms with van der Waals surface area (Å²) < 4.78 is 24.2. The van der Waals surface area contributed by atoms with Crippen molar-refractivity contribution in [1.29, 1.82) is 0 Å². The van der Waals surface area contributed by atoms with Crippen molar-refractivity contribution in [2.75, 3.05) is 17.3 Å². The molecule has 2 fully saturated rings. The highest BCUT2D eigenvalue weighted by molar-refractivity contribution is 8.00. The predicted octanol–water partition coefficient (Wildman–Crippen LogP) is 4.41. The van der Waals surface area contributed by atoms with Crippen LogP contribution in [-0.2, 0) is 14.6 Å². The van der Waals surface area contributed by atoms with E-state index in [2.05, 4.69) is 0 Å². The third-order valence-electron chi connectivity index (χ3n) is 6.25. The minimum absolute atomic E-state index is 0.0179. The summed E-state index contributed by atoms with van der Waals surface area (Å²) >= 11 is 3.02. The number of amides is 1. The molecular formula is C23H25N3O3S3. The Hall–Kier alpha value is -1.97. The zero-order valence-corrected chi connectivity index (χ0v) is 20.1. The van der Waals surface area contributed by atoms with Gasteiger partial charge in [-0.25, -0.2) is 18.4 Å². The monoisotopic (exact) mass is 487 g/mol. The number of carbonyl (C=O) groups is 1. The lowest BCUT2D eigenvalue weighted by molar-refractivity contribution is -0.132. The SMILES string of the molecule is O=C(CSc1nc(-c2cccs2)nc2ccccc12)N(C1CCCC1)[C@@H]1CCS(=O)(=O)C1. The van der Waals surface area contributed by atoms with Crippen LogP contribution in [0.15, 0.2) is 46.8 Å². The number of thiophene rings is 1. The highest BCUT2D eigenvalue weighted by Crippen LogP contribution is 2.33. The normalized spacial score (nSPS) is 20.7. The maximum Gasteiger partial charge on any atom is 0.233 e. The quantitative estimate of drug-likeness (QED) is 0.379. The second kappa shape index (κ2) is 9.11. The Labute approximate surface area is 196 Å². The number of sulfone groups is 1. The lowest BCUT2D eigenvalue weighted by Gasteiger charge is -2.34. The molecule has 5 rings (SSSR count). The first-order valence-corrected chi connectivity index (χ1v) is 14.6. The fourth-order valence-electron chi connectivity index (χ4n) is 4.76. The van der Waals surface area contributed by atoms with Gasteiger partial charge in [0.05, 0.1) is 27.7 Å². The number of hydrogen-bond donors (Lipinski definition) is 0. The molecule has 1 aromatic carbocycles. The summed E-state index contributed by atoms with van der Waals surface area (Å²) in [6.07, 6.45) is 4.68. The Kier molecular flexibility index (Phi) is 6.22. The molecule has 1 saturated carbocycles. The first kappa shape index (κ1) is 21.9. The number of fused-ring (bicyclic) bond motifs is 1. The molecule has 2 aliphatic rings. The topological polar surface area (TPSA) is 80.2 Å². The van der Waals surface area contributed by atoms with Crippen molar-refractivity contribution in [2.24, 2.45) is 0 Å². The molecule has 0 unspecified atom stereocenters. The van der Waals surface area contributed by atoms with Crippen LogP contribution in [0.2, 0.25) is 0 Å². The third-order valence-corrected chi connectivity index (χ3v) is 9.84. The average molecular weight is 488 g/mol. The summed E-state index contributed by atoms with van der Waals surface area (Å²) in [4.78, 5) is 25.8. The zero-order chi connectivity index (χ0) is 22.1. The molecule has 168 valence electrons. The summed E-state index contributed by atoms with van der Waals surface area (Å²) in [5, 5.41) is 3.72. The lowest BCUT2D eigenvalue weighted by Crippen LogP contribution is -2.47. The summed E-state index contributed by atoms with van der Waals surface area (Å²) in [7, 11) is -3.05. The zero-order valence-electron chi connectivity index (χ0n) is 17.6. The minimum Gasteiger partial charge on any atom is -0.335 e. The van der Waals surface area contributed by atoms with Crippen LogP contribution in [0.1, 0.15) is 32.1 Å². The Bertz CT molecular complexity index is 1220. The number of nitrogens with zero attached hydrogens (tertiary/aromatic N) is 3. The number of carbonyl (C=O) groups excluding carboxylic acids is 1. The molecule has 0 spiro atoms. The van der Waals surface area contributed by atoms with Crippen LogP contribution in [0.3, 0.4) is 0 Å². The maximum atomic E-state index is 13.4. The molecule has 0 radical (unpaired) electrons. The molecule has 1 amide bonds. The molecule has 1 saturated heterocycles. The van der Waals surface area contributed by atoms with Gasteiger partial charge in [0.1, 0.15) is 5.03 Å². The van der Waals surface area contributed by atoms with Gasteiger partial charge in [0, 0.05) is 17.5 Å². The van der Waals surface area contributed by atoms with E-state index >= 15 is 0 Å². The van der Waals surface area contributed by atoms with E-state index in [1.807, 2.05) is 46.7 Å². The van der Waals surface area contributed by atoms with Crippen molar-refractivity contribution >= 4 is 49.7 Å². The van der Waals surface area contributed by atoms with E-state index in [4.69, 9.17) is 9.97 Å². The van der Waals surface area contributed by atoms with E-state index in [0.717, 1.165) is 46.5 Å². The molecule has 3 aromatic rings. The van der Waals surface area contributed by atoms with Crippen LogP contribution in [0, 0.1) is 0 Å². The number of aromatic nitrogens is 2. The van der Waals surface area contributed by atoms with E-state index in [1.54, 1.807) is 11.3 Å². The molecule has 1 atom stereocenters. The van der Waals surface area contributed by atoms with Gasteiger partial charge in [0.15, 0.2) is 15.7 Å². The van der Waals surface area contributed by atoms with Crippen LogP contribution in [-0.4, -0.2) is 58.5 Å². The standard InChI is InChI=1S/C23H25N3O3S3/c27-21(26(16-6-1-2-7-16)17-11-13-32(28,29)15-17)14-31-23-18-8-3-4-9-19(18)24-22(25-23)20-10-5-12-30-20/h3-5,8-10,12,16-17H,1-2,6-7,11,13-15H2/t17-/m1/s1. The first-order chi connectivity index (χ1) is 15.5. The molecule has 1 aliphatic carbocycles. The van der Waals surface area contributed by atoms with Gasteiger partial charge >= 0.3 is 0 Å². The van der Waals surface area contributed by atoms with Crippen LogP contribution in [0.5, 0.6) is 0 Å². The van der Waals surface area contributed by atoms with Crippen LogP contribution in [0.25, 0.3) is 21.6 Å². The minimum atomic E-state index is -3.05. The van der Waals surface area contributed by atoms with Gasteiger partial charge in [-0.2, -0.15) is 0 Å². The number of rotatable bonds is 6. The molecule has 3 heterocycles. The van der Waals surface area contributed by atoms with Gasteiger partial charge < -0.3 is 4.90 Å². The van der Waals surface area contributed by atoms with Gasteiger partial charge in [0.2, 0.25) is 5.91 Å². The number of para-hydroxylation sites is 1. The van der Waals surface area contributed by atoms with E-state index in [-0.39, 0.29) is 35.2 Å². The molecule has 6 nitrogen and oxygen atoms in total. The molecule has 2 aromatic heterocycles. The van der Waals surface area contributed by atoms with E-state index in [9.17, 15) is 13.2 Å². The fourth-order valence-corrected chi connectivity index (χ4v) is 8.02. The Balaban J connectivity index is 1.40. The second-order valence-electron chi connectivity index (χ2n) is 8.43. The van der Waals surface area contributed by atoms with Crippen molar-refractivity contribution in [3.63, 3.8) is 0 Å².